The molecule has 25 heavy (non-hydrogen) atoms. The van der Waals surface area contributed by atoms with E-state index < -0.39 is 0 Å². The van der Waals surface area contributed by atoms with E-state index in [4.69, 9.17) is 27.9 Å². The average Bonchev–Trinajstić information content (AvgIpc) is 3.14. The van der Waals surface area contributed by atoms with Gasteiger partial charge in [-0.2, -0.15) is 5.10 Å². The molecule has 0 amide bonds. The van der Waals surface area contributed by atoms with Gasteiger partial charge in [0.15, 0.2) is 0 Å². The van der Waals surface area contributed by atoms with E-state index in [1.807, 2.05) is 24.3 Å². The standard InChI is InChI=1S/C18H13Cl2N3O2/c1-25-14-5-2-12(3-6-14)8-17(23-11-21-10-22-23)18(24)15-7-4-13(19)9-16(15)20/h2-11H,1H3/b17-8-. The van der Waals surface area contributed by atoms with Crippen LogP contribution in [0.5, 0.6) is 5.75 Å². The molecule has 0 fully saturated rings. The molecule has 3 aromatic rings. The van der Waals surface area contributed by atoms with Crippen LogP contribution >= 0.6 is 23.2 Å². The molecule has 1 heterocycles. The highest BCUT2D eigenvalue weighted by atomic mass is 35.5. The van der Waals surface area contributed by atoms with E-state index >= 15 is 0 Å². The van der Waals surface area contributed by atoms with Crippen molar-refractivity contribution in [3.8, 4) is 5.75 Å². The van der Waals surface area contributed by atoms with E-state index in [-0.39, 0.29) is 10.8 Å². The summed E-state index contributed by atoms with van der Waals surface area (Å²) in [4.78, 5) is 16.9. The number of benzene rings is 2. The molecule has 0 bridgehead atoms. The van der Waals surface area contributed by atoms with Crippen LogP contribution in [0.2, 0.25) is 10.0 Å². The minimum atomic E-state index is -0.289. The van der Waals surface area contributed by atoms with Crippen LogP contribution in [-0.2, 0) is 0 Å². The second-order valence-electron chi connectivity index (χ2n) is 5.10. The zero-order valence-electron chi connectivity index (χ0n) is 13.2. The minimum absolute atomic E-state index is 0.276. The number of aromatic nitrogens is 3. The molecule has 126 valence electrons. The molecule has 3 rings (SSSR count). The van der Waals surface area contributed by atoms with Gasteiger partial charge in [0.25, 0.3) is 0 Å². The van der Waals surface area contributed by atoms with Crippen molar-refractivity contribution in [3.05, 3.63) is 76.3 Å². The molecule has 0 aliphatic carbocycles. The Morgan fingerprint density at radius 3 is 2.52 bits per heavy atom. The Morgan fingerprint density at radius 2 is 1.92 bits per heavy atom. The van der Waals surface area contributed by atoms with Crippen molar-refractivity contribution in [1.82, 2.24) is 14.8 Å². The van der Waals surface area contributed by atoms with E-state index in [0.717, 1.165) is 11.3 Å². The third-order valence-corrected chi connectivity index (χ3v) is 4.04. The van der Waals surface area contributed by atoms with Gasteiger partial charge in [0.05, 0.1) is 12.1 Å². The van der Waals surface area contributed by atoms with Crippen molar-refractivity contribution < 1.29 is 9.53 Å². The van der Waals surface area contributed by atoms with E-state index in [0.29, 0.717) is 16.3 Å². The third kappa shape index (κ3) is 3.90. The first-order chi connectivity index (χ1) is 12.1. The van der Waals surface area contributed by atoms with Gasteiger partial charge in [-0.1, -0.05) is 35.3 Å². The molecule has 0 saturated carbocycles. The smallest absolute Gasteiger partial charge is 0.212 e. The first kappa shape index (κ1) is 17.2. The average molecular weight is 374 g/mol. The summed E-state index contributed by atoms with van der Waals surface area (Å²) in [5.74, 6) is 0.439. The van der Waals surface area contributed by atoms with Crippen LogP contribution in [0.25, 0.3) is 11.8 Å². The fourth-order valence-corrected chi connectivity index (χ4v) is 2.73. The molecule has 2 aromatic carbocycles. The van der Waals surface area contributed by atoms with Crippen LogP contribution in [0.4, 0.5) is 0 Å². The number of hydrogen-bond acceptors (Lipinski definition) is 4. The zero-order valence-corrected chi connectivity index (χ0v) is 14.7. The van der Waals surface area contributed by atoms with Crippen molar-refractivity contribution >= 4 is 40.8 Å². The maximum atomic E-state index is 13.0. The molecule has 5 nitrogen and oxygen atoms in total. The molecule has 0 saturated heterocycles. The van der Waals surface area contributed by atoms with Crippen LogP contribution in [0.1, 0.15) is 15.9 Å². The van der Waals surface area contributed by atoms with Gasteiger partial charge in [-0.15, -0.1) is 0 Å². The number of Topliss-reactive ketones (excluding diaryl/α,β-unsaturated/α-hetero) is 1. The summed E-state index contributed by atoms with van der Waals surface area (Å²) in [6, 6.07) is 12.0. The summed E-state index contributed by atoms with van der Waals surface area (Å²) < 4.78 is 6.55. The van der Waals surface area contributed by atoms with Crippen molar-refractivity contribution in [3.63, 3.8) is 0 Å². The third-order valence-electron chi connectivity index (χ3n) is 3.49. The molecule has 0 N–H and O–H groups in total. The summed E-state index contributed by atoms with van der Waals surface area (Å²) >= 11 is 12.1. The number of carbonyl (C=O) groups excluding carboxylic acids is 1. The molecule has 0 spiro atoms. The van der Waals surface area contributed by atoms with Crippen molar-refractivity contribution in [2.45, 2.75) is 0 Å². The van der Waals surface area contributed by atoms with Crippen LogP contribution in [-0.4, -0.2) is 27.7 Å². The predicted octanol–water partition coefficient (Wildman–Crippen LogP) is 4.47. The zero-order chi connectivity index (χ0) is 17.8. The normalized spacial score (nSPS) is 11.4. The minimum Gasteiger partial charge on any atom is -0.497 e. The summed E-state index contributed by atoms with van der Waals surface area (Å²) in [5.41, 5.74) is 1.46. The van der Waals surface area contributed by atoms with E-state index in [9.17, 15) is 4.79 Å². The number of ether oxygens (including phenoxy) is 1. The second-order valence-corrected chi connectivity index (χ2v) is 5.94. The topological polar surface area (TPSA) is 57.0 Å². The monoisotopic (exact) mass is 373 g/mol. The number of ketones is 1. The van der Waals surface area contributed by atoms with Gasteiger partial charge in [0, 0.05) is 10.6 Å². The number of nitrogens with zero attached hydrogens (tertiary/aromatic N) is 3. The number of carbonyl (C=O) groups is 1. The molecular weight excluding hydrogens is 361 g/mol. The summed E-state index contributed by atoms with van der Waals surface area (Å²) in [6.07, 6.45) is 4.52. The quantitative estimate of drug-likeness (QED) is 0.488. The number of hydrogen-bond donors (Lipinski definition) is 0. The van der Waals surface area contributed by atoms with Crippen LogP contribution in [0.15, 0.2) is 55.1 Å². The van der Waals surface area contributed by atoms with Gasteiger partial charge < -0.3 is 4.74 Å². The maximum absolute atomic E-state index is 13.0. The van der Waals surface area contributed by atoms with Crippen LogP contribution < -0.4 is 4.74 Å². The highest BCUT2D eigenvalue weighted by molar-refractivity contribution is 6.40. The largest absolute Gasteiger partial charge is 0.497 e. The van der Waals surface area contributed by atoms with Crippen molar-refractivity contribution in [2.75, 3.05) is 7.11 Å². The van der Waals surface area contributed by atoms with Gasteiger partial charge in [0.1, 0.15) is 24.1 Å². The molecule has 0 unspecified atom stereocenters. The SMILES string of the molecule is COc1ccc(/C=C(/C(=O)c2ccc(Cl)cc2Cl)n2cncn2)cc1. The van der Waals surface area contributed by atoms with Gasteiger partial charge in [0.2, 0.25) is 5.78 Å². The highest BCUT2D eigenvalue weighted by Crippen LogP contribution is 2.25. The van der Waals surface area contributed by atoms with E-state index in [1.54, 1.807) is 25.3 Å². The molecule has 1 aromatic heterocycles. The number of halogens is 2. The molecule has 0 aliphatic rings. The van der Waals surface area contributed by atoms with Crippen LogP contribution in [0.3, 0.4) is 0 Å². The first-order valence-electron chi connectivity index (χ1n) is 7.29. The Balaban J connectivity index is 2.05. The van der Waals surface area contributed by atoms with Gasteiger partial charge in [-0.05, 0) is 42.0 Å². The summed E-state index contributed by atoms with van der Waals surface area (Å²) in [5, 5.41) is 4.80. The summed E-state index contributed by atoms with van der Waals surface area (Å²) in [6.45, 7) is 0. The lowest BCUT2D eigenvalue weighted by atomic mass is 10.1. The van der Waals surface area contributed by atoms with E-state index in [2.05, 4.69) is 10.1 Å². The lowest BCUT2D eigenvalue weighted by molar-refractivity contribution is 0.105. The van der Waals surface area contributed by atoms with Crippen molar-refractivity contribution in [2.24, 2.45) is 0 Å². The second kappa shape index (κ2) is 7.51. The molecular formula is C18H13Cl2N3O2. The predicted molar refractivity (Wildman–Crippen MR) is 98.0 cm³/mol. The fraction of sp³-hybridized carbons (Fsp3) is 0.0556. The van der Waals surface area contributed by atoms with Gasteiger partial charge >= 0.3 is 0 Å². The molecule has 0 atom stereocenters. The Hall–Kier alpha value is -2.63. The Morgan fingerprint density at radius 1 is 1.16 bits per heavy atom. The fourth-order valence-electron chi connectivity index (χ4n) is 2.24. The van der Waals surface area contributed by atoms with E-state index in [1.165, 1.54) is 23.4 Å². The number of allylic oxidation sites excluding steroid dienone is 1. The first-order valence-corrected chi connectivity index (χ1v) is 8.04. The summed E-state index contributed by atoms with van der Waals surface area (Å²) in [7, 11) is 1.59. The Bertz CT molecular complexity index is 920. The molecule has 0 aliphatic heterocycles. The Labute approximate surface area is 154 Å². The highest BCUT2D eigenvalue weighted by Gasteiger charge is 2.18. The number of rotatable bonds is 5. The van der Waals surface area contributed by atoms with Gasteiger partial charge in [-0.3, -0.25) is 4.79 Å². The lowest BCUT2D eigenvalue weighted by Gasteiger charge is -2.09. The van der Waals surface area contributed by atoms with Crippen molar-refractivity contribution in [1.29, 1.82) is 0 Å². The number of methoxy groups -OCH3 is 1. The van der Waals surface area contributed by atoms with Gasteiger partial charge in [-0.25, -0.2) is 9.67 Å². The maximum Gasteiger partial charge on any atom is 0.212 e. The molecule has 0 radical (unpaired) electrons. The lowest BCUT2D eigenvalue weighted by Crippen LogP contribution is -2.10. The molecule has 7 heteroatoms. The van der Waals surface area contributed by atoms with Crippen LogP contribution in [0, 0.1) is 0 Å². The Kier molecular flexibility index (Phi) is 5.16.